The molecular weight excluding hydrogens is 436 g/mol. The van der Waals surface area contributed by atoms with E-state index in [1.807, 2.05) is 13.8 Å². The highest BCUT2D eigenvalue weighted by Crippen LogP contribution is 2.21. The van der Waals surface area contributed by atoms with Gasteiger partial charge in [0.25, 0.3) is 5.56 Å². The standard InChI is InChI=1S/C25H22N4O5/c1-15(2)34-19-10-6-9-18(14-19)29-22(30)20-11-3-4-12-21(20)27-24(29)28-25(33)26-17-8-5-7-16(13-17)23(31)32/h3-15H,1-2H3,(H,31,32)(H2,26,27,28,33). The Bertz CT molecular complexity index is 1440. The summed E-state index contributed by atoms with van der Waals surface area (Å²) in [5.41, 5.74) is 0.821. The molecule has 9 heteroatoms. The fourth-order valence-electron chi connectivity index (χ4n) is 3.42. The number of ether oxygens (including phenoxy) is 1. The number of amides is 2. The van der Waals surface area contributed by atoms with Gasteiger partial charge in [0.15, 0.2) is 0 Å². The second-order valence-corrected chi connectivity index (χ2v) is 7.72. The summed E-state index contributed by atoms with van der Waals surface area (Å²) in [5, 5.41) is 14.7. The van der Waals surface area contributed by atoms with E-state index < -0.39 is 12.0 Å². The predicted octanol–water partition coefficient (Wildman–Crippen LogP) is 4.52. The molecule has 3 aromatic carbocycles. The molecule has 34 heavy (non-hydrogen) atoms. The van der Waals surface area contributed by atoms with Crippen molar-refractivity contribution in [1.29, 1.82) is 0 Å². The lowest BCUT2D eigenvalue weighted by Crippen LogP contribution is -2.28. The van der Waals surface area contributed by atoms with Crippen LogP contribution in [0.5, 0.6) is 5.75 Å². The van der Waals surface area contributed by atoms with Crippen molar-refractivity contribution in [3.63, 3.8) is 0 Å². The maximum absolute atomic E-state index is 13.4. The molecule has 9 nitrogen and oxygen atoms in total. The van der Waals surface area contributed by atoms with Crippen LogP contribution in [0.1, 0.15) is 24.2 Å². The molecule has 0 spiro atoms. The number of hydrogen-bond acceptors (Lipinski definition) is 5. The van der Waals surface area contributed by atoms with Crippen LogP contribution in [0.15, 0.2) is 77.6 Å². The average Bonchev–Trinajstić information content (AvgIpc) is 2.79. The molecule has 1 aromatic heterocycles. The fraction of sp³-hybridized carbons (Fsp3) is 0.120. The molecule has 0 fully saturated rings. The number of fused-ring (bicyclic) bond motifs is 1. The molecule has 0 bridgehead atoms. The zero-order valence-corrected chi connectivity index (χ0v) is 18.5. The van der Waals surface area contributed by atoms with Crippen LogP contribution in [-0.2, 0) is 0 Å². The number of aromatic carboxylic acids is 1. The smallest absolute Gasteiger partial charge is 0.335 e. The van der Waals surface area contributed by atoms with Crippen molar-refractivity contribution >= 4 is 34.5 Å². The van der Waals surface area contributed by atoms with Crippen LogP contribution >= 0.6 is 0 Å². The number of aromatic nitrogens is 2. The first-order valence-corrected chi connectivity index (χ1v) is 10.5. The molecule has 0 atom stereocenters. The summed E-state index contributed by atoms with van der Waals surface area (Å²) in [6.07, 6.45) is -0.0633. The summed E-state index contributed by atoms with van der Waals surface area (Å²) >= 11 is 0. The quantitative estimate of drug-likeness (QED) is 0.391. The molecule has 0 saturated carbocycles. The lowest BCUT2D eigenvalue weighted by molar-refractivity contribution is 0.0697. The molecule has 1 heterocycles. The first-order valence-electron chi connectivity index (χ1n) is 10.5. The number of nitrogens with zero attached hydrogens (tertiary/aromatic N) is 2. The third kappa shape index (κ3) is 4.88. The number of urea groups is 1. The van der Waals surface area contributed by atoms with Crippen LogP contribution in [0.3, 0.4) is 0 Å². The minimum Gasteiger partial charge on any atom is -0.491 e. The second-order valence-electron chi connectivity index (χ2n) is 7.72. The van der Waals surface area contributed by atoms with E-state index >= 15 is 0 Å². The molecule has 0 aliphatic carbocycles. The van der Waals surface area contributed by atoms with E-state index in [1.54, 1.807) is 54.6 Å². The third-order valence-corrected chi connectivity index (χ3v) is 4.82. The summed E-state index contributed by atoms with van der Waals surface area (Å²) in [6.45, 7) is 3.79. The molecule has 4 aromatic rings. The Morgan fingerprint density at radius 1 is 0.971 bits per heavy atom. The first kappa shape index (κ1) is 22.5. The van der Waals surface area contributed by atoms with Gasteiger partial charge in [-0.1, -0.05) is 24.3 Å². The summed E-state index contributed by atoms with van der Waals surface area (Å²) in [6, 6.07) is 18.9. The van der Waals surface area contributed by atoms with E-state index in [-0.39, 0.29) is 28.9 Å². The number of carbonyl (C=O) groups excluding carboxylic acids is 1. The van der Waals surface area contributed by atoms with Gasteiger partial charge in [-0.2, -0.15) is 0 Å². The Kier molecular flexibility index (Phi) is 6.26. The normalized spacial score (nSPS) is 10.8. The van der Waals surface area contributed by atoms with Gasteiger partial charge in [-0.15, -0.1) is 0 Å². The van der Waals surface area contributed by atoms with Crippen LogP contribution in [0.2, 0.25) is 0 Å². The minimum absolute atomic E-state index is 0.00251. The molecule has 0 aliphatic heterocycles. The topological polar surface area (TPSA) is 123 Å². The van der Waals surface area contributed by atoms with Gasteiger partial charge in [0.1, 0.15) is 5.75 Å². The highest BCUT2D eigenvalue weighted by molar-refractivity contribution is 6.00. The third-order valence-electron chi connectivity index (χ3n) is 4.82. The van der Waals surface area contributed by atoms with Crippen molar-refractivity contribution in [2.24, 2.45) is 0 Å². The Morgan fingerprint density at radius 3 is 2.50 bits per heavy atom. The number of anilines is 2. The largest absolute Gasteiger partial charge is 0.491 e. The van der Waals surface area contributed by atoms with Gasteiger partial charge in [0, 0.05) is 11.8 Å². The van der Waals surface area contributed by atoms with E-state index in [0.29, 0.717) is 22.3 Å². The highest BCUT2D eigenvalue weighted by Gasteiger charge is 2.16. The first-order chi connectivity index (χ1) is 16.3. The van der Waals surface area contributed by atoms with Crippen LogP contribution in [0.25, 0.3) is 16.6 Å². The molecule has 0 unspecified atom stereocenters. The van der Waals surface area contributed by atoms with Crippen LogP contribution in [0, 0.1) is 0 Å². The summed E-state index contributed by atoms with van der Waals surface area (Å²) in [5.74, 6) is -0.552. The van der Waals surface area contributed by atoms with Crippen molar-refractivity contribution < 1.29 is 19.4 Å². The van der Waals surface area contributed by atoms with E-state index in [1.165, 1.54) is 22.8 Å². The summed E-state index contributed by atoms with van der Waals surface area (Å²) < 4.78 is 7.05. The van der Waals surface area contributed by atoms with E-state index in [0.717, 1.165) is 0 Å². The lowest BCUT2D eigenvalue weighted by atomic mass is 10.2. The molecule has 4 rings (SSSR count). The fourth-order valence-corrected chi connectivity index (χ4v) is 3.42. The number of carboxylic acid groups (broad SMARTS) is 1. The van der Waals surface area contributed by atoms with Gasteiger partial charge in [0.2, 0.25) is 5.95 Å². The highest BCUT2D eigenvalue weighted by atomic mass is 16.5. The monoisotopic (exact) mass is 458 g/mol. The second kappa shape index (κ2) is 9.45. The molecule has 3 N–H and O–H groups in total. The van der Waals surface area contributed by atoms with Crippen LogP contribution in [-0.4, -0.2) is 32.8 Å². The van der Waals surface area contributed by atoms with E-state index in [9.17, 15) is 14.4 Å². The molecule has 172 valence electrons. The van der Waals surface area contributed by atoms with E-state index in [2.05, 4.69) is 15.6 Å². The van der Waals surface area contributed by atoms with Crippen LogP contribution in [0.4, 0.5) is 16.4 Å². The molecular formula is C25H22N4O5. The van der Waals surface area contributed by atoms with Gasteiger partial charge in [-0.25, -0.2) is 19.1 Å². The molecule has 0 aliphatic rings. The van der Waals surface area contributed by atoms with Crippen molar-refractivity contribution in [2.45, 2.75) is 20.0 Å². The average molecular weight is 458 g/mol. The molecule has 0 radical (unpaired) electrons. The van der Waals surface area contributed by atoms with Crippen molar-refractivity contribution in [3.05, 3.63) is 88.7 Å². The van der Waals surface area contributed by atoms with Crippen molar-refractivity contribution in [3.8, 4) is 11.4 Å². The Labute approximate surface area is 194 Å². The number of para-hydroxylation sites is 1. The van der Waals surface area contributed by atoms with Crippen molar-refractivity contribution in [2.75, 3.05) is 10.6 Å². The zero-order chi connectivity index (χ0) is 24.2. The number of benzene rings is 3. The van der Waals surface area contributed by atoms with E-state index in [4.69, 9.17) is 9.84 Å². The van der Waals surface area contributed by atoms with Crippen LogP contribution < -0.4 is 20.9 Å². The SMILES string of the molecule is CC(C)Oc1cccc(-n2c(NC(=O)Nc3cccc(C(=O)O)c3)nc3ccccc3c2=O)c1. The predicted molar refractivity (Wildman–Crippen MR) is 129 cm³/mol. The minimum atomic E-state index is -1.11. The van der Waals surface area contributed by atoms with Gasteiger partial charge in [-0.3, -0.25) is 10.1 Å². The number of nitrogens with one attached hydrogen (secondary N) is 2. The van der Waals surface area contributed by atoms with Crippen molar-refractivity contribution in [1.82, 2.24) is 9.55 Å². The maximum Gasteiger partial charge on any atom is 0.335 e. The van der Waals surface area contributed by atoms with Gasteiger partial charge in [-0.05, 0) is 56.3 Å². The summed E-state index contributed by atoms with van der Waals surface area (Å²) in [7, 11) is 0. The number of carbonyl (C=O) groups is 2. The number of rotatable bonds is 6. The zero-order valence-electron chi connectivity index (χ0n) is 18.5. The maximum atomic E-state index is 13.4. The Balaban J connectivity index is 1.75. The Hall–Kier alpha value is -4.66. The number of hydrogen-bond donors (Lipinski definition) is 3. The summed E-state index contributed by atoms with van der Waals surface area (Å²) in [4.78, 5) is 41.8. The van der Waals surface area contributed by atoms with Gasteiger partial charge in [0.05, 0.1) is 28.3 Å². The Morgan fingerprint density at radius 2 is 1.74 bits per heavy atom. The lowest BCUT2D eigenvalue weighted by Gasteiger charge is -2.16. The van der Waals surface area contributed by atoms with Gasteiger partial charge >= 0.3 is 12.0 Å². The van der Waals surface area contributed by atoms with Gasteiger partial charge < -0.3 is 15.2 Å². The molecule has 0 saturated heterocycles. The molecule has 2 amide bonds. The number of carboxylic acids is 1.